The Kier molecular flexibility index (Phi) is 5.64. The van der Waals surface area contributed by atoms with E-state index in [-0.39, 0.29) is 18.0 Å². The number of hydrogen-bond donors (Lipinski definition) is 1. The standard InChI is InChI=1S/C26H28N6O/c1-17-15-28-23(14-20(17)26(33)31-12-7-6-10-24(31)18(2)27)21-16-29-32-13-11-22(30-25(21)32)19-8-4-3-5-9-19/h3-5,8-9,11,13-16,18,24H,6-7,10,12,27H2,1-2H3/t18?,24-/m1/s1. The fourth-order valence-electron chi connectivity index (χ4n) is 4.63. The van der Waals surface area contributed by atoms with Crippen LogP contribution in [-0.2, 0) is 0 Å². The van der Waals surface area contributed by atoms with Gasteiger partial charge in [0.15, 0.2) is 5.65 Å². The summed E-state index contributed by atoms with van der Waals surface area (Å²) in [5.41, 5.74) is 11.8. The number of benzene rings is 1. The molecule has 7 heteroatoms. The van der Waals surface area contributed by atoms with Gasteiger partial charge in [0, 0.05) is 42.1 Å². The van der Waals surface area contributed by atoms with Gasteiger partial charge in [-0.3, -0.25) is 9.78 Å². The quantitative estimate of drug-likeness (QED) is 0.516. The molecule has 1 aromatic carbocycles. The van der Waals surface area contributed by atoms with Gasteiger partial charge in [-0.05, 0) is 50.8 Å². The van der Waals surface area contributed by atoms with Crippen LogP contribution in [0.25, 0.3) is 28.2 Å². The van der Waals surface area contributed by atoms with Crippen LogP contribution in [0.4, 0.5) is 0 Å². The van der Waals surface area contributed by atoms with Crippen LogP contribution < -0.4 is 5.73 Å². The highest BCUT2D eigenvalue weighted by Gasteiger charge is 2.31. The van der Waals surface area contributed by atoms with Gasteiger partial charge in [0.1, 0.15) is 0 Å². The third kappa shape index (κ3) is 4.00. The van der Waals surface area contributed by atoms with E-state index in [2.05, 4.69) is 10.1 Å². The number of amides is 1. The van der Waals surface area contributed by atoms with Gasteiger partial charge in [-0.15, -0.1) is 0 Å². The Balaban J connectivity index is 1.54. The van der Waals surface area contributed by atoms with Crippen LogP contribution >= 0.6 is 0 Å². The second kappa shape index (κ2) is 8.75. The summed E-state index contributed by atoms with van der Waals surface area (Å²) in [7, 11) is 0. The molecule has 1 aliphatic heterocycles. The van der Waals surface area contributed by atoms with Crippen molar-refractivity contribution in [2.24, 2.45) is 5.73 Å². The topological polar surface area (TPSA) is 89.4 Å². The highest BCUT2D eigenvalue weighted by molar-refractivity contribution is 5.97. The van der Waals surface area contributed by atoms with E-state index in [9.17, 15) is 4.79 Å². The number of piperidine rings is 1. The summed E-state index contributed by atoms with van der Waals surface area (Å²) in [6, 6.07) is 13.9. The number of nitrogens with zero attached hydrogens (tertiary/aromatic N) is 5. The first kappa shape index (κ1) is 21.3. The molecule has 168 valence electrons. The number of fused-ring (bicyclic) bond motifs is 1. The maximum atomic E-state index is 13.6. The molecule has 1 aliphatic rings. The minimum Gasteiger partial charge on any atom is -0.334 e. The SMILES string of the molecule is Cc1cnc(-c2cnn3ccc(-c4ccccc4)nc23)cc1C(=O)N1CCCC[C@@H]1C(C)N. The van der Waals surface area contributed by atoms with E-state index < -0.39 is 0 Å². The Labute approximate surface area is 193 Å². The second-order valence-electron chi connectivity index (χ2n) is 8.81. The van der Waals surface area contributed by atoms with Crippen molar-refractivity contribution in [3.63, 3.8) is 0 Å². The number of aromatic nitrogens is 4. The molecule has 4 aromatic rings. The number of nitrogens with two attached hydrogens (primary N) is 1. The summed E-state index contributed by atoms with van der Waals surface area (Å²) < 4.78 is 1.74. The molecule has 2 atom stereocenters. The molecule has 33 heavy (non-hydrogen) atoms. The fourth-order valence-corrected chi connectivity index (χ4v) is 4.63. The highest BCUT2D eigenvalue weighted by Crippen LogP contribution is 2.28. The number of carbonyl (C=O) groups is 1. The molecular weight excluding hydrogens is 412 g/mol. The lowest BCUT2D eigenvalue weighted by atomic mass is 9.95. The van der Waals surface area contributed by atoms with Crippen molar-refractivity contribution >= 4 is 11.6 Å². The maximum Gasteiger partial charge on any atom is 0.254 e. The highest BCUT2D eigenvalue weighted by atomic mass is 16.2. The number of rotatable bonds is 4. The maximum absolute atomic E-state index is 13.6. The average molecular weight is 441 g/mol. The Morgan fingerprint density at radius 2 is 1.94 bits per heavy atom. The Bertz CT molecular complexity index is 1300. The van der Waals surface area contributed by atoms with E-state index in [4.69, 9.17) is 10.7 Å². The molecule has 0 radical (unpaired) electrons. The van der Waals surface area contributed by atoms with Crippen LogP contribution in [0.5, 0.6) is 0 Å². The third-order valence-electron chi connectivity index (χ3n) is 6.47. The lowest BCUT2D eigenvalue weighted by Crippen LogP contribution is -2.51. The van der Waals surface area contributed by atoms with Gasteiger partial charge in [-0.1, -0.05) is 30.3 Å². The van der Waals surface area contributed by atoms with Gasteiger partial charge in [-0.25, -0.2) is 9.50 Å². The van der Waals surface area contributed by atoms with Crippen LogP contribution in [0, 0.1) is 6.92 Å². The normalized spacial score (nSPS) is 17.3. The molecule has 1 amide bonds. The molecule has 3 aromatic heterocycles. The van der Waals surface area contributed by atoms with E-state index in [0.29, 0.717) is 16.9 Å². The van der Waals surface area contributed by atoms with Gasteiger partial charge < -0.3 is 10.6 Å². The van der Waals surface area contributed by atoms with Crippen molar-refractivity contribution in [3.05, 3.63) is 72.2 Å². The molecule has 7 nitrogen and oxygen atoms in total. The number of aryl methyl sites for hydroxylation is 1. The largest absolute Gasteiger partial charge is 0.334 e. The molecular formula is C26H28N6O. The zero-order chi connectivity index (χ0) is 22.9. The molecule has 0 bridgehead atoms. The number of hydrogen-bond acceptors (Lipinski definition) is 5. The number of carbonyl (C=O) groups excluding carboxylic acids is 1. The number of pyridine rings is 1. The molecule has 0 saturated carbocycles. The predicted molar refractivity (Wildman–Crippen MR) is 129 cm³/mol. The van der Waals surface area contributed by atoms with E-state index in [1.807, 2.05) is 67.4 Å². The van der Waals surface area contributed by atoms with E-state index in [0.717, 1.165) is 48.2 Å². The Morgan fingerprint density at radius 3 is 2.73 bits per heavy atom. The summed E-state index contributed by atoms with van der Waals surface area (Å²) in [4.78, 5) is 25.0. The molecule has 1 unspecified atom stereocenters. The first-order valence-corrected chi connectivity index (χ1v) is 11.5. The lowest BCUT2D eigenvalue weighted by Gasteiger charge is -2.38. The van der Waals surface area contributed by atoms with E-state index in [1.165, 1.54) is 0 Å². The van der Waals surface area contributed by atoms with Crippen LogP contribution in [-0.4, -0.2) is 49.0 Å². The average Bonchev–Trinajstić information content (AvgIpc) is 3.28. The number of likely N-dealkylation sites (tertiary alicyclic amines) is 1. The van der Waals surface area contributed by atoms with Gasteiger partial charge >= 0.3 is 0 Å². The minimum absolute atomic E-state index is 0.0209. The molecule has 0 spiro atoms. The van der Waals surface area contributed by atoms with E-state index >= 15 is 0 Å². The van der Waals surface area contributed by atoms with Crippen molar-refractivity contribution in [3.8, 4) is 22.5 Å². The van der Waals surface area contributed by atoms with Gasteiger partial charge in [-0.2, -0.15) is 5.10 Å². The predicted octanol–water partition coefficient (Wildman–Crippen LogP) is 4.11. The van der Waals surface area contributed by atoms with Crippen molar-refractivity contribution in [1.82, 2.24) is 24.5 Å². The van der Waals surface area contributed by atoms with Crippen molar-refractivity contribution in [1.29, 1.82) is 0 Å². The van der Waals surface area contributed by atoms with Gasteiger partial charge in [0.2, 0.25) is 0 Å². The molecule has 0 aliphatic carbocycles. The Hall–Kier alpha value is -3.58. The fraction of sp³-hybridized carbons (Fsp3) is 0.308. The van der Waals surface area contributed by atoms with Crippen molar-refractivity contribution < 1.29 is 4.79 Å². The summed E-state index contributed by atoms with van der Waals surface area (Å²) in [6.07, 6.45) is 8.48. The van der Waals surface area contributed by atoms with Gasteiger partial charge in [0.25, 0.3) is 5.91 Å². The summed E-state index contributed by atoms with van der Waals surface area (Å²) in [6.45, 7) is 4.65. The molecule has 5 rings (SSSR count). The minimum atomic E-state index is -0.0592. The zero-order valence-corrected chi connectivity index (χ0v) is 19.0. The second-order valence-corrected chi connectivity index (χ2v) is 8.81. The first-order chi connectivity index (χ1) is 16.0. The summed E-state index contributed by atoms with van der Waals surface area (Å²) >= 11 is 0. The van der Waals surface area contributed by atoms with Gasteiger partial charge in [0.05, 0.1) is 23.1 Å². The van der Waals surface area contributed by atoms with Crippen LogP contribution in [0.3, 0.4) is 0 Å². The van der Waals surface area contributed by atoms with Crippen LogP contribution in [0.2, 0.25) is 0 Å². The molecule has 2 N–H and O–H groups in total. The zero-order valence-electron chi connectivity index (χ0n) is 19.0. The monoisotopic (exact) mass is 440 g/mol. The lowest BCUT2D eigenvalue weighted by molar-refractivity contribution is 0.0583. The molecule has 1 fully saturated rings. The molecule has 4 heterocycles. The smallest absolute Gasteiger partial charge is 0.254 e. The third-order valence-corrected chi connectivity index (χ3v) is 6.47. The summed E-state index contributed by atoms with van der Waals surface area (Å²) in [5.74, 6) is 0.0209. The van der Waals surface area contributed by atoms with E-state index in [1.54, 1.807) is 16.9 Å². The van der Waals surface area contributed by atoms with Crippen LogP contribution in [0.1, 0.15) is 42.1 Å². The van der Waals surface area contributed by atoms with Crippen LogP contribution in [0.15, 0.2) is 61.1 Å². The van der Waals surface area contributed by atoms with Crippen molar-refractivity contribution in [2.45, 2.75) is 45.2 Å². The first-order valence-electron chi connectivity index (χ1n) is 11.5. The Morgan fingerprint density at radius 1 is 1.12 bits per heavy atom. The molecule has 1 saturated heterocycles. The van der Waals surface area contributed by atoms with Crippen molar-refractivity contribution in [2.75, 3.05) is 6.54 Å². The summed E-state index contributed by atoms with van der Waals surface area (Å²) in [5, 5.41) is 4.45.